The summed E-state index contributed by atoms with van der Waals surface area (Å²) in [6.45, 7) is 1.04. The highest BCUT2D eigenvalue weighted by Gasteiger charge is 2.28. The van der Waals surface area contributed by atoms with Gasteiger partial charge in [0.2, 0.25) is 0 Å². The van der Waals surface area contributed by atoms with E-state index in [9.17, 15) is 9.59 Å². The summed E-state index contributed by atoms with van der Waals surface area (Å²) < 4.78 is 15.7. The fourth-order valence-electron chi connectivity index (χ4n) is 2.89. The largest absolute Gasteiger partial charge is 0.493 e. The topological polar surface area (TPSA) is 107 Å². The van der Waals surface area contributed by atoms with E-state index in [0.29, 0.717) is 35.8 Å². The first kappa shape index (κ1) is 20.6. The van der Waals surface area contributed by atoms with Crippen molar-refractivity contribution in [3.05, 3.63) is 41.9 Å². The molecule has 3 rings (SSSR count). The molecule has 0 saturated carbocycles. The van der Waals surface area contributed by atoms with E-state index in [4.69, 9.17) is 19.6 Å². The predicted octanol–water partition coefficient (Wildman–Crippen LogP) is 2.14. The second-order valence-corrected chi connectivity index (χ2v) is 5.98. The van der Waals surface area contributed by atoms with Crippen molar-refractivity contribution in [2.75, 3.05) is 32.6 Å². The van der Waals surface area contributed by atoms with Gasteiger partial charge in [-0.15, -0.1) is 12.4 Å². The van der Waals surface area contributed by atoms with Gasteiger partial charge in [0.25, 0.3) is 11.8 Å². The van der Waals surface area contributed by atoms with Crippen LogP contribution in [0.5, 0.6) is 11.5 Å². The quantitative estimate of drug-likeness (QED) is 0.803. The molecular weight excluding hydrogens is 374 g/mol. The van der Waals surface area contributed by atoms with Crippen LogP contribution in [0.15, 0.2) is 34.9 Å². The Bertz CT molecular complexity index is 810. The summed E-state index contributed by atoms with van der Waals surface area (Å²) in [6, 6.07) is 6.23. The van der Waals surface area contributed by atoms with Gasteiger partial charge in [0, 0.05) is 25.2 Å². The lowest BCUT2D eigenvalue weighted by Crippen LogP contribution is -2.32. The van der Waals surface area contributed by atoms with Gasteiger partial charge in [-0.3, -0.25) is 9.59 Å². The van der Waals surface area contributed by atoms with Gasteiger partial charge >= 0.3 is 0 Å². The number of methoxy groups -OCH3 is 2. The molecule has 27 heavy (non-hydrogen) atoms. The van der Waals surface area contributed by atoms with Gasteiger partial charge in [0.05, 0.1) is 31.7 Å². The first-order valence-electron chi connectivity index (χ1n) is 8.19. The zero-order chi connectivity index (χ0) is 18.7. The molecule has 2 heterocycles. The zero-order valence-electron chi connectivity index (χ0n) is 15.1. The third kappa shape index (κ3) is 4.35. The Balaban J connectivity index is 0.00000261. The van der Waals surface area contributed by atoms with Gasteiger partial charge in [-0.05, 0) is 24.6 Å². The Hall–Kier alpha value is -2.71. The van der Waals surface area contributed by atoms with E-state index in [0.717, 1.165) is 6.42 Å². The first-order valence-corrected chi connectivity index (χ1v) is 8.19. The van der Waals surface area contributed by atoms with Crippen molar-refractivity contribution in [2.45, 2.75) is 12.5 Å². The van der Waals surface area contributed by atoms with Crippen LogP contribution in [-0.2, 0) is 0 Å². The fraction of sp³-hybridized carbons (Fsp3) is 0.333. The van der Waals surface area contributed by atoms with E-state index in [-0.39, 0.29) is 30.1 Å². The molecule has 146 valence electrons. The van der Waals surface area contributed by atoms with Crippen LogP contribution in [0.2, 0.25) is 0 Å². The minimum absolute atomic E-state index is 0. The highest BCUT2D eigenvalue weighted by molar-refractivity contribution is 6.08. The average molecular weight is 396 g/mol. The SMILES string of the molecule is COc1cc(NC(=O)c2ccco2)c(C(=O)N2CC[C@@H](N)C2)cc1OC.Cl. The minimum atomic E-state index is -0.464. The van der Waals surface area contributed by atoms with Gasteiger partial charge in [-0.1, -0.05) is 0 Å². The second kappa shape index (κ2) is 8.79. The number of ether oxygens (including phenoxy) is 2. The van der Waals surface area contributed by atoms with Crippen molar-refractivity contribution in [2.24, 2.45) is 5.73 Å². The average Bonchev–Trinajstić information content (AvgIpc) is 3.32. The lowest BCUT2D eigenvalue weighted by atomic mass is 10.1. The fourth-order valence-corrected chi connectivity index (χ4v) is 2.89. The molecule has 0 aliphatic carbocycles. The van der Waals surface area contributed by atoms with Crippen LogP contribution < -0.4 is 20.5 Å². The third-order valence-electron chi connectivity index (χ3n) is 4.26. The van der Waals surface area contributed by atoms with Crippen LogP contribution in [0.1, 0.15) is 27.3 Å². The lowest BCUT2D eigenvalue weighted by Gasteiger charge is -2.20. The maximum absolute atomic E-state index is 12.9. The minimum Gasteiger partial charge on any atom is -0.493 e. The van der Waals surface area contributed by atoms with Gasteiger partial charge in [-0.25, -0.2) is 0 Å². The molecule has 2 aromatic rings. The molecule has 0 bridgehead atoms. The zero-order valence-corrected chi connectivity index (χ0v) is 15.9. The first-order chi connectivity index (χ1) is 12.5. The maximum Gasteiger partial charge on any atom is 0.291 e. The number of anilines is 1. The summed E-state index contributed by atoms with van der Waals surface area (Å²) in [5.41, 5.74) is 6.52. The molecule has 0 unspecified atom stereocenters. The van der Waals surface area contributed by atoms with Gasteiger partial charge < -0.3 is 29.8 Å². The molecule has 1 aliphatic rings. The smallest absolute Gasteiger partial charge is 0.291 e. The maximum atomic E-state index is 12.9. The van der Waals surface area contributed by atoms with E-state index in [2.05, 4.69) is 5.32 Å². The summed E-state index contributed by atoms with van der Waals surface area (Å²) in [5, 5.41) is 2.71. The number of likely N-dealkylation sites (tertiary alicyclic amines) is 1. The number of hydrogen-bond acceptors (Lipinski definition) is 6. The Kier molecular flexibility index (Phi) is 6.70. The standard InChI is InChI=1S/C18H21N3O5.ClH/c1-24-15-8-12(18(23)21-6-5-11(19)10-21)13(9-16(15)25-2)20-17(22)14-4-3-7-26-14;/h3-4,7-9,11H,5-6,10,19H2,1-2H3,(H,20,22);1H/t11-;/m1./s1. The molecule has 9 heteroatoms. The molecule has 1 aliphatic heterocycles. The molecule has 1 atom stereocenters. The number of amides is 2. The third-order valence-corrected chi connectivity index (χ3v) is 4.26. The Morgan fingerprint density at radius 3 is 2.52 bits per heavy atom. The molecule has 1 fully saturated rings. The van der Waals surface area contributed by atoms with Crippen LogP contribution in [-0.4, -0.2) is 50.1 Å². The molecule has 3 N–H and O–H groups in total. The summed E-state index contributed by atoms with van der Waals surface area (Å²) in [5.74, 6) is 0.247. The lowest BCUT2D eigenvalue weighted by molar-refractivity contribution is 0.0791. The van der Waals surface area contributed by atoms with Crippen molar-refractivity contribution < 1.29 is 23.5 Å². The number of nitrogens with zero attached hydrogens (tertiary/aromatic N) is 1. The van der Waals surface area contributed by atoms with Gasteiger partial charge in [0.15, 0.2) is 17.3 Å². The van der Waals surface area contributed by atoms with Crippen LogP contribution in [0.4, 0.5) is 5.69 Å². The van der Waals surface area contributed by atoms with Crippen molar-refractivity contribution >= 4 is 29.9 Å². The van der Waals surface area contributed by atoms with E-state index >= 15 is 0 Å². The molecule has 1 saturated heterocycles. The normalized spacial score (nSPS) is 15.8. The van der Waals surface area contributed by atoms with Crippen molar-refractivity contribution in [1.82, 2.24) is 4.90 Å². The number of nitrogens with two attached hydrogens (primary N) is 1. The predicted molar refractivity (Wildman–Crippen MR) is 102 cm³/mol. The number of carbonyl (C=O) groups excluding carboxylic acids is 2. The number of hydrogen-bond donors (Lipinski definition) is 2. The van der Waals surface area contributed by atoms with Crippen molar-refractivity contribution in [1.29, 1.82) is 0 Å². The number of furan rings is 1. The molecule has 1 aromatic carbocycles. The van der Waals surface area contributed by atoms with E-state index in [1.165, 1.54) is 26.5 Å². The summed E-state index contributed by atoms with van der Waals surface area (Å²) in [4.78, 5) is 27.0. The summed E-state index contributed by atoms with van der Waals surface area (Å²) in [7, 11) is 2.97. The number of carbonyl (C=O) groups is 2. The van der Waals surface area contributed by atoms with E-state index in [1.807, 2.05) is 0 Å². The van der Waals surface area contributed by atoms with E-state index < -0.39 is 5.91 Å². The number of benzene rings is 1. The summed E-state index contributed by atoms with van der Waals surface area (Å²) in [6.07, 6.45) is 2.15. The van der Waals surface area contributed by atoms with Crippen LogP contribution in [0, 0.1) is 0 Å². The Morgan fingerprint density at radius 2 is 1.96 bits per heavy atom. The van der Waals surface area contributed by atoms with Crippen molar-refractivity contribution in [3.8, 4) is 11.5 Å². The molecule has 8 nitrogen and oxygen atoms in total. The van der Waals surface area contributed by atoms with Crippen LogP contribution >= 0.6 is 12.4 Å². The highest BCUT2D eigenvalue weighted by Crippen LogP contribution is 2.34. The van der Waals surface area contributed by atoms with Crippen LogP contribution in [0.25, 0.3) is 0 Å². The number of halogens is 1. The molecular formula is C18H22ClN3O5. The number of rotatable bonds is 5. The number of nitrogens with one attached hydrogen (secondary N) is 1. The monoisotopic (exact) mass is 395 g/mol. The van der Waals surface area contributed by atoms with Gasteiger partial charge in [-0.2, -0.15) is 0 Å². The van der Waals surface area contributed by atoms with Gasteiger partial charge in [0.1, 0.15) is 0 Å². The summed E-state index contributed by atoms with van der Waals surface area (Å²) >= 11 is 0. The molecule has 2 amide bonds. The molecule has 0 spiro atoms. The Morgan fingerprint density at radius 1 is 1.26 bits per heavy atom. The van der Waals surface area contributed by atoms with E-state index in [1.54, 1.807) is 23.1 Å². The second-order valence-electron chi connectivity index (χ2n) is 5.98. The van der Waals surface area contributed by atoms with Crippen molar-refractivity contribution in [3.63, 3.8) is 0 Å². The molecule has 0 radical (unpaired) electrons. The molecule has 1 aromatic heterocycles. The highest BCUT2D eigenvalue weighted by atomic mass is 35.5. The van der Waals surface area contributed by atoms with Crippen LogP contribution in [0.3, 0.4) is 0 Å². The Labute approximate surface area is 163 Å².